The Bertz CT molecular complexity index is 1660. The molecule has 0 fully saturated rings. The lowest BCUT2D eigenvalue weighted by molar-refractivity contribution is -0.138. The van der Waals surface area contributed by atoms with Gasteiger partial charge in [0.1, 0.15) is 28.7 Å². The van der Waals surface area contributed by atoms with Gasteiger partial charge in [-0.25, -0.2) is 9.79 Å². The SMILES string of the molecule is CCOC(=O)C1=C(O)/C(=C/c2ccc(OCc3cccc4ccccc34)cc2)SC1=NC(=O)c1ccc(C)cc1. The Morgan fingerprint density at radius 2 is 1.65 bits per heavy atom. The van der Waals surface area contributed by atoms with Crippen molar-refractivity contribution in [3.05, 3.63) is 129 Å². The summed E-state index contributed by atoms with van der Waals surface area (Å²) in [7, 11) is 0. The summed E-state index contributed by atoms with van der Waals surface area (Å²) in [5.41, 5.74) is 3.16. The van der Waals surface area contributed by atoms with Crippen LogP contribution in [0.2, 0.25) is 0 Å². The normalized spacial score (nSPS) is 15.2. The summed E-state index contributed by atoms with van der Waals surface area (Å²) < 4.78 is 11.2. The molecule has 1 amide bonds. The first kappa shape index (κ1) is 27.0. The van der Waals surface area contributed by atoms with Crippen molar-refractivity contribution in [2.45, 2.75) is 20.5 Å². The lowest BCUT2D eigenvalue weighted by Crippen LogP contribution is -2.14. The first-order chi connectivity index (χ1) is 19.4. The minimum atomic E-state index is -0.733. The molecule has 200 valence electrons. The molecule has 0 atom stereocenters. The zero-order valence-corrected chi connectivity index (χ0v) is 22.9. The van der Waals surface area contributed by atoms with Gasteiger partial charge in [0.05, 0.1) is 11.5 Å². The molecule has 1 aliphatic rings. The minimum Gasteiger partial charge on any atom is -0.506 e. The molecular weight excluding hydrogens is 522 g/mol. The molecule has 4 aromatic carbocycles. The highest BCUT2D eigenvalue weighted by Crippen LogP contribution is 2.39. The van der Waals surface area contributed by atoms with Crippen LogP contribution in [0.4, 0.5) is 0 Å². The van der Waals surface area contributed by atoms with E-state index in [4.69, 9.17) is 9.47 Å². The van der Waals surface area contributed by atoms with Gasteiger partial charge in [-0.2, -0.15) is 0 Å². The number of aryl methyl sites for hydroxylation is 1. The van der Waals surface area contributed by atoms with E-state index in [0.717, 1.165) is 39.2 Å². The van der Waals surface area contributed by atoms with E-state index in [2.05, 4.69) is 29.3 Å². The smallest absolute Gasteiger partial charge is 0.344 e. The Balaban J connectivity index is 1.35. The first-order valence-electron chi connectivity index (χ1n) is 12.8. The third-order valence-electron chi connectivity index (χ3n) is 6.32. The van der Waals surface area contributed by atoms with Crippen LogP contribution >= 0.6 is 11.8 Å². The van der Waals surface area contributed by atoms with Crippen molar-refractivity contribution in [2.75, 3.05) is 6.61 Å². The quantitative estimate of drug-likeness (QED) is 0.241. The van der Waals surface area contributed by atoms with Crippen molar-refractivity contribution in [3.8, 4) is 5.75 Å². The number of carbonyl (C=O) groups excluding carboxylic acids is 2. The Labute approximate surface area is 236 Å². The lowest BCUT2D eigenvalue weighted by atomic mass is 10.1. The third-order valence-corrected chi connectivity index (χ3v) is 7.34. The van der Waals surface area contributed by atoms with Gasteiger partial charge in [-0.3, -0.25) is 4.79 Å². The van der Waals surface area contributed by atoms with Gasteiger partial charge in [0.2, 0.25) is 0 Å². The third kappa shape index (κ3) is 6.00. The average molecular weight is 550 g/mol. The van der Waals surface area contributed by atoms with Crippen LogP contribution in [0.1, 0.15) is 34.0 Å². The van der Waals surface area contributed by atoms with Crippen LogP contribution in [0, 0.1) is 6.92 Å². The number of amides is 1. The Morgan fingerprint density at radius 3 is 2.40 bits per heavy atom. The number of ether oxygens (including phenoxy) is 2. The fourth-order valence-electron chi connectivity index (χ4n) is 4.24. The molecule has 1 N–H and O–H groups in total. The molecule has 0 saturated heterocycles. The lowest BCUT2D eigenvalue weighted by Gasteiger charge is -2.09. The van der Waals surface area contributed by atoms with Crippen molar-refractivity contribution in [1.82, 2.24) is 0 Å². The predicted molar refractivity (Wildman–Crippen MR) is 160 cm³/mol. The van der Waals surface area contributed by atoms with Crippen LogP contribution in [0.5, 0.6) is 5.75 Å². The fraction of sp³-hybridized carbons (Fsp3) is 0.121. The molecule has 1 heterocycles. The minimum absolute atomic E-state index is 0.0998. The molecule has 40 heavy (non-hydrogen) atoms. The van der Waals surface area contributed by atoms with Crippen molar-refractivity contribution in [2.24, 2.45) is 4.99 Å². The molecule has 5 rings (SSSR count). The second kappa shape index (κ2) is 12.1. The second-order valence-electron chi connectivity index (χ2n) is 9.14. The summed E-state index contributed by atoms with van der Waals surface area (Å²) in [5.74, 6) is -0.808. The van der Waals surface area contributed by atoms with Gasteiger partial charge in [0.15, 0.2) is 0 Å². The standard InChI is InChI=1S/C33H27NO5S/c1-3-38-33(37)29-30(35)28(40-32(29)34-31(36)24-15-11-21(2)12-16-24)19-22-13-17-26(18-14-22)39-20-25-9-6-8-23-7-4-5-10-27(23)25/h4-19,35H,3,20H2,1-2H3/b28-19-,34-32?. The Morgan fingerprint density at radius 1 is 0.925 bits per heavy atom. The van der Waals surface area contributed by atoms with E-state index in [1.165, 1.54) is 0 Å². The molecule has 6 nitrogen and oxygen atoms in total. The Hall–Kier alpha value is -4.62. The maximum atomic E-state index is 12.8. The first-order valence-corrected chi connectivity index (χ1v) is 13.6. The van der Waals surface area contributed by atoms with E-state index in [9.17, 15) is 14.7 Å². The van der Waals surface area contributed by atoms with Gasteiger partial charge in [0, 0.05) is 5.56 Å². The summed E-state index contributed by atoms with van der Waals surface area (Å²) in [6, 6.07) is 28.7. The second-order valence-corrected chi connectivity index (χ2v) is 10.2. The van der Waals surface area contributed by atoms with Crippen LogP contribution < -0.4 is 4.74 Å². The van der Waals surface area contributed by atoms with Gasteiger partial charge >= 0.3 is 5.97 Å². The van der Waals surface area contributed by atoms with Crippen LogP contribution in [0.3, 0.4) is 0 Å². The van der Waals surface area contributed by atoms with Gasteiger partial charge in [-0.1, -0.05) is 84.1 Å². The van der Waals surface area contributed by atoms with Gasteiger partial charge in [-0.05, 0) is 66.1 Å². The summed E-state index contributed by atoms with van der Waals surface area (Å²) in [4.78, 5) is 30.0. The molecule has 4 aromatic rings. The maximum Gasteiger partial charge on any atom is 0.344 e. The number of esters is 1. The molecule has 0 unspecified atom stereocenters. The maximum absolute atomic E-state index is 12.8. The number of benzene rings is 4. The fourth-order valence-corrected chi connectivity index (χ4v) is 5.25. The molecule has 7 heteroatoms. The topological polar surface area (TPSA) is 85.2 Å². The number of hydrogen-bond donors (Lipinski definition) is 1. The molecule has 0 bridgehead atoms. The van der Waals surface area contributed by atoms with Gasteiger partial charge in [-0.15, -0.1) is 0 Å². The number of fused-ring (bicyclic) bond motifs is 1. The van der Waals surface area contributed by atoms with E-state index in [1.807, 2.05) is 61.5 Å². The van der Waals surface area contributed by atoms with Crippen LogP contribution in [-0.2, 0) is 16.1 Å². The molecule has 0 aliphatic carbocycles. The van der Waals surface area contributed by atoms with Crippen LogP contribution in [-0.4, -0.2) is 28.6 Å². The number of carbonyl (C=O) groups is 2. The van der Waals surface area contributed by atoms with Crippen LogP contribution in [0.15, 0.2) is 112 Å². The number of hydrogen-bond acceptors (Lipinski definition) is 6. The van der Waals surface area contributed by atoms with Crippen LogP contribution in [0.25, 0.3) is 16.8 Å². The number of aliphatic hydroxyl groups excluding tert-OH is 1. The van der Waals surface area contributed by atoms with Crippen molar-refractivity contribution in [1.29, 1.82) is 0 Å². The van der Waals surface area contributed by atoms with E-state index >= 15 is 0 Å². The van der Waals surface area contributed by atoms with Gasteiger partial charge in [0.25, 0.3) is 5.91 Å². The zero-order valence-electron chi connectivity index (χ0n) is 22.1. The largest absolute Gasteiger partial charge is 0.506 e. The number of rotatable bonds is 7. The number of aliphatic imine (C=N–C) groups is 1. The monoisotopic (exact) mass is 549 g/mol. The molecule has 0 radical (unpaired) electrons. The van der Waals surface area contributed by atoms with Crippen molar-refractivity contribution < 1.29 is 24.2 Å². The highest BCUT2D eigenvalue weighted by atomic mass is 32.2. The highest BCUT2D eigenvalue weighted by Gasteiger charge is 2.34. The van der Waals surface area contributed by atoms with Gasteiger partial charge < -0.3 is 14.6 Å². The number of nitrogens with zero attached hydrogens (tertiary/aromatic N) is 1. The number of aliphatic hydroxyl groups is 1. The molecule has 0 spiro atoms. The summed E-state index contributed by atoms with van der Waals surface area (Å²) in [5, 5.41) is 13.3. The van der Waals surface area contributed by atoms with E-state index < -0.39 is 11.9 Å². The van der Waals surface area contributed by atoms with E-state index in [-0.39, 0.29) is 23.0 Å². The Kier molecular flexibility index (Phi) is 8.12. The van der Waals surface area contributed by atoms with Crippen molar-refractivity contribution in [3.63, 3.8) is 0 Å². The highest BCUT2D eigenvalue weighted by molar-refractivity contribution is 8.18. The molecular formula is C33H27NO5S. The summed E-state index contributed by atoms with van der Waals surface area (Å²) >= 11 is 1.05. The molecule has 0 saturated carbocycles. The average Bonchev–Trinajstić information content (AvgIpc) is 3.27. The summed E-state index contributed by atoms with van der Waals surface area (Å²) in [6.07, 6.45) is 1.73. The zero-order chi connectivity index (χ0) is 28.1. The molecule has 0 aromatic heterocycles. The predicted octanol–water partition coefficient (Wildman–Crippen LogP) is 7.43. The summed E-state index contributed by atoms with van der Waals surface area (Å²) in [6.45, 7) is 4.15. The van der Waals surface area contributed by atoms with E-state index in [0.29, 0.717) is 22.8 Å². The molecule has 1 aliphatic heterocycles. The number of thioether (sulfide) groups is 1. The van der Waals surface area contributed by atoms with E-state index in [1.54, 1.807) is 25.1 Å². The van der Waals surface area contributed by atoms with Crippen molar-refractivity contribution >= 4 is 45.5 Å².